The quantitative estimate of drug-likeness (QED) is 0.233. The predicted octanol–water partition coefficient (Wildman–Crippen LogP) is 1.90. The van der Waals surface area contributed by atoms with Crippen LogP contribution < -0.4 is 9.47 Å². The van der Waals surface area contributed by atoms with Crippen molar-refractivity contribution in [2.45, 2.75) is 63.0 Å². The van der Waals surface area contributed by atoms with Gasteiger partial charge in [-0.3, -0.25) is 9.59 Å². The monoisotopic (exact) mass is 596 g/mol. The Morgan fingerprint density at radius 3 is 2.39 bits per heavy atom. The van der Waals surface area contributed by atoms with Crippen LogP contribution in [0.1, 0.15) is 40.7 Å². The Labute approximate surface area is 241 Å². The highest BCUT2D eigenvalue weighted by atomic mass is 35.5. The van der Waals surface area contributed by atoms with E-state index in [0.29, 0.717) is 0 Å². The van der Waals surface area contributed by atoms with Crippen LogP contribution in [0, 0.1) is 0 Å². The van der Waals surface area contributed by atoms with E-state index in [1.54, 1.807) is 24.3 Å². The number of esters is 1. The molecule has 12 nitrogen and oxygen atoms in total. The summed E-state index contributed by atoms with van der Waals surface area (Å²) < 4.78 is 27.0. The number of aliphatic hydroxyl groups is 3. The molecule has 13 heteroatoms. The maximum Gasteiger partial charge on any atom is 0.342 e. The fourth-order valence-electron chi connectivity index (χ4n) is 4.28. The maximum absolute atomic E-state index is 13.0. The average molecular weight is 597 g/mol. The van der Waals surface area contributed by atoms with Gasteiger partial charge in [0, 0.05) is 32.4 Å². The molecule has 0 spiro atoms. The Hall–Kier alpha value is -3.26. The first-order chi connectivity index (χ1) is 19.6. The normalized spacial score (nSPS) is 22.1. The SMILES string of the molecule is COc1cc(OCc2cccc(CC(=O)CCCC(=O)O)c2)c(Cl)cc1C(=O)O[C@H]1[C@@H](OC)O[C@H](CO)[C@@H](O)[C@@H]1O. The van der Waals surface area contributed by atoms with Gasteiger partial charge in [0.05, 0.1) is 18.7 Å². The number of ketones is 1. The number of benzene rings is 2. The van der Waals surface area contributed by atoms with Crippen molar-refractivity contribution in [3.05, 3.63) is 58.1 Å². The fourth-order valence-corrected chi connectivity index (χ4v) is 4.49. The van der Waals surface area contributed by atoms with Crippen LogP contribution in [0.25, 0.3) is 0 Å². The van der Waals surface area contributed by atoms with Gasteiger partial charge in [0.2, 0.25) is 0 Å². The van der Waals surface area contributed by atoms with Crippen LogP contribution in [0.5, 0.6) is 11.5 Å². The van der Waals surface area contributed by atoms with Crippen LogP contribution in [0.4, 0.5) is 0 Å². The van der Waals surface area contributed by atoms with E-state index in [2.05, 4.69) is 0 Å². The van der Waals surface area contributed by atoms with E-state index in [0.717, 1.165) is 11.1 Å². The summed E-state index contributed by atoms with van der Waals surface area (Å²) in [5.41, 5.74) is 1.41. The summed E-state index contributed by atoms with van der Waals surface area (Å²) in [6.45, 7) is -0.501. The number of hydrogen-bond donors (Lipinski definition) is 4. The zero-order valence-corrected chi connectivity index (χ0v) is 23.3. The van der Waals surface area contributed by atoms with Crippen molar-refractivity contribution in [3.8, 4) is 11.5 Å². The second-order valence-electron chi connectivity index (χ2n) is 9.37. The summed E-state index contributed by atoms with van der Waals surface area (Å²) >= 11 is 6.39. The average Bonchev–Trinajstić information content (AvgIpc) is 2.94. The third-order valence-corrected chi connectivity index (χ3v) is 6.70. The number of aliphatic carboxylic acids is 1. The van der Waals surface area contributed by atoms with E-state index in [1.807, 2.05) is 0 Å². The zero-order chi connectivity index (χ0) is 30.1. The molecule has 1 heterocycles. The number of ether oxygens (including phenoxy) is 5. The molecule has 0 radical (unpaired) electrons. The molecule has 1 saturated heterocycles. The summed E-state index contributed by atoms with van der Waals surface area (Å²) in [5, 5.41) is 38.7. The molecule has 0 bridgehead atoms. The molecule has 0 aromatic heterocycles. The molecule has 4 N–H and O–H groups in total. The van der Waals surface area contributed by atoms with Gasteiger partial charge in [-0.05, 0) is 23.6 Å². The molecule has 0 unspecified atom stereocenters. The lowest BCUT2D eigenvalue weighted by atomic mass is 9.99. The molecular weight excluding hydrogens is 564 g/mol. The first kappa shape index (κ1) is 32.3. The number of halogens is 1. The van der Waals surface area contributed by atoms with Gasteiger partial charge >= 0.3 is 11.9 Å². The van der Waals surface area contributed by atoms with Gasteiger partial charge in [-0.2, -0.15) is 0 Å². The molecule has 2 aromatic carbocycles. The predicted molar refractivity (Wildman–Crippen MR) is 143 cm³/mol. The van der Waals surface area contributed by atoms with Crippen LogP contribution in [0.15, 0.2) is 36.4 Å². The van der Waals surface area contributed by atoms with Crippen molar-refractivity contribution in [1.29, 1.82) is 0 Å². The molecule has 5 atom stereocenters. The van der Waals surface area contributed by atoms with Crippen molar-refractivity contribution in [1.82, 2.24) is 0 Å². The maximum atomic E-state index is 13.0. The van der Waals surface area contributed by atoms with Crippen molar-refractivity contribution >= 4 is 29.3 Å². The van der Waals surface area contributed by atoms with Crippen molar-refractivity contribution in [2.75, 3.05) is 20.8 Å². The lowest BCUT2D eigenvalue weighted by molar-refractivity contribution is -0.293. The number of carboxylic acid groups (broad SMARTS) is 1. The van der Waals surface area contributed by atoms with Crippen molar-refractivity contribution in [2.24, 2.45) is 0 Å². The first-order valence-corrected chi connectivity index (χ1v) is 13.1. The van der Waals surface area contributed by atoms with Gasteiger partial charge in [0.25, 0.3) is 0 Å². The minimum absolute atomic E-state index is 0.0564. The lowest BCUT2D eigenvalue weighted by Gasteiger charge is -2.40. The van der Waals surface area contributed by atoms with Crippen LogP contribution in [-0.4, -0.2) is 89.7 Å². The van der Waals surface area contributed by atoms with E-state index in [1.165, 1.54) is 26.4 Å². The molecule has 0 saturated carbocycles. The number of carboxylic acids is 1. The number of hydrogen-bond acceptors (Lipinski definition) is 11. The molecule has 0 amide bonds. The van der Waals surface area contributed by atoms with Crippen molar-refractivity contribution < 1.29 is 58.5 Å². The van der Waals surface area contributed by atoms with Gasteiger partial charge in [0.15, 0.2) is 12.4 Å². The fraction of sp³-hybridized carbons (Fsp3) is 0.464. The molecule has 1 aliphatic rings. The highest BCUT2D eigenvalue weighted by Crippen LogP contribution is 2.35. The molecule has 2 aromatic rings. The second-order valence-corrected chi connectivity index (χ2v) is 9.77. The summed E-state index contributed by atoms with van der Waals surface area (Å²) in [6.07, 6.45) is -6.35. The van der Waals surface area contributed by atoms with Gasteiger partial charge in [-0.25, -0.2) is 4.79 Å². The van der Waals surface area contributed by atoms with E-state index in [4.69, 9.17) is 40.4 Å². The Morgan fingerprint density at radius 1 is 1.00 bits per heavy atom. The highest BCUT2D eigenvalue weighted by Gasteiger charge is 2.47. The minimum atomic E-state index is -1.60. The Bertz CT molecular complexity index is 1220. The summed E-state index contributed by atoms with van der Waals surface area (Å²) in [6, 6.07) is 9.83. The smallest absolute Gasteiger partial charge is 0.342 e. The molecule has 0 aliphatic carbocycles. The molecule has 41 heavy (non-hydrogen) atoms. The lowest BCUT2D eigenvalue weighted by Crippen LogP contribution is -2.60. The Balaban J connectivity index is 1.67. The zero-order valence-electron chi connectivity index (χ0n) is 22.5. The Morgan fingerprint density at radius 2 is 1.73 bits per heavy atom. The summed E-state index contributed by atoms with van der Waals surface area (Å²) in [7, 11) is 2.58. The number of methoxy groups -OCH3 is 2. The Kier molecular flexibility index (Phi) is 11.9. The van der Waals surface area contributed by atoms with Crippen LogP contribution in [-0.2, 0) is 36.8 Å². The molecule has 1 aliphatic heterocycles. The topological polar surface area (TPSA) is 178 Å². The second kappa shape index (κ2) is 15.1. The van der Waals surface area contributed by atoms with Crippen LogP contribution >= 0.6 is 11.6 Å². The first-order valence-electron chi connectivity index (χ1n) is 12.8. The van der Waals surface area contributed by atoms with E-state index in [-0.39, 0.29) is 60.2 Å². The number of aliphatic hydroxyl groups excluding tert-OH is 3. The molecular formula is C28H33ClO12. The van der Waals surface area contributed by atoms with Gasteiger partial charge in [-0.1, -0.05) is 35.9 Å². The third kappa shape index (κ3) is 8.62. The summed E-state index contributed by atoms with van der Waals surface area (Å²) in [5.74, 6) is -1.69. The molecule has 1 fully saturated rings. The number of Topliss-reactive ketones (excluding diaryl/α,β-unsaturated/α-hetero) is 1. The summed E-state index contributed by atoms with van der Waals surface area (Å²) in [4.78, 5) is 35.8. The standard InChI is InChI=1S/C28H33ClO12/c1-37-20-12-21(39-14-16-6-3-5-15(9-16)10-17(31)7-4-8-23(32)33)19(29)11-18(20)27(36)41-26-25(35)24(34)22(13-30)40-28(26)38-2/h3,5-6,9,11-12,22,24-26,28,30,34-35H,4,7-8,10,13-14H2,1-2H3,(H,32,33)/t22-,24-,25+,26-,28+/m1/s1. The molecule has 3 rings (SSSR count). The number of rotatable bonds is 14. The van der Waals surface area contributed by atoms with Gasteiger partial charge < -0.3 is 44.1 Å². The highest BCUT2D eigenvalue weighted by molar-refractivity contribution is 6.32. The van der Waals surface area contributed by atoms with Crippen molar-refractivity contribution in [3.63, 3.8) is 0 Å². The molecule has 224 valence electrons. The number of carbonyl (C=O) groups excluding carboxylic acids is 2. The van der Waals surface area contributed by atoms with E-state index < -0.39 is 49.3 Å². The largest absolute Gasteiger partial charge is 0.496 e. The number of carbonyl (C=O) groups is 3. The van der Waals surface area contributed by atoms with E-state index >= 15 is 0 Å². The van der Waals surface area contributed by atoms with E-state index in [9.17, 15) is 29.7 Å². The van der Waals surface area contributed by atoms with Gasteiger partial charge in [-0.15, -0.1) is 0 Å². The van der Waals surface area contributed by atoms with Crippen LogP contribution in [0.3, 0.4) is 0 Å². The minimum Gasteiger partial charge on any atom is -0.496 e. The van der Waals surface area contributed by atoms with Gasteiger partial charge in [0.1, 0.15) is 47.8 Å². The van der Waals surface area contributed by atoms with Crippen LogP contribution in [0.2, 0.25) is 5.02 Å². The third-order valence-electron chi connectivity index (χ3n) is 6.41.